The van der Waals surface area contributed by atoms with Crippen molar-refractivity contribution in [1.29, 1.82) is 0 Å². The second-order valence-corrected chi connectivity index (χ2v) is 16.3. The molecule has 8 nitrogen and oxygen atoms in total. The van der Waals surface area contributed by atoms with Gasteiger partial charge in [-0.25, -0.2) is 13.2 Å². The van der Waals surface area contributed by atoms with Gasteiger partial charge in [0.15, 0.2) is 0 Å². The Morgan fingerprint density at radius 3 is 1.82 bits per heavy atom. The molecular weight excluding hydrogens is 657 g/mol. The molecule has 0 bridgehead atoms. The van der Waals surface area contributed by atoms with E-state index in [4.69, 9.17) is 10.5 Å². The van der Waals surface area contributed by atoms with Crippen molar-refractivity contribution in [3.8, 4) is 5.75 Å². The van der Waals surface area contributed by atoms with Crippen LogP contribution in [0.5, 0.6) is 5.75 Å². The van der Waals surface area contributed by atoms with Gasteiger partial charge in [0.25, 0.3) is 10.0 Å². The maximum absolute atomic E-state index is 14.3. The van der Waals surface area contributed by atoms with E-state index in [1.807, 2.05) is 64.1 Å². The molecule has 3 aromatic carbocycles. The van der Waals surface area contributed by atoms with E-state index >= 15 is 0 Å². The van der Waals surface area contributed by atoms with Gasteiger partial charge in [0.2, 0.25) is 0 Å². The van der Waals surface area contributed by atoms with Crippen molar-refractivity contribution in [3.63, 3.8) is 0 Å². The lowest BCUT2D eigenvalue weighted by molar-refractivity contribution is 0.253. The average Bonchev–Trinajstić information content (AvgIpc) is 3.08. The molecule has 0 atom stereocenters. The van der Waals surface area contributed by atoms with Gasteiger partial charge in [0, 0.05) is 12.2 Å². The van der Waals surface area contributed by atoms with Gasteiger partial charge in [-0.1, -0.05) is 119 Å². The van der Waals surface area contributed by atoms with Gasteiger partial charge in [-0.2, -0.15) is 0 Å². The Balaban J connectivity index is 2.00. The Labute approximate surface area is 309 Å². The summed E-state index contributed by atoms with van der Waals surface area (Å²) in [6.45, 7) is 17.8. The molecule has 0 aliphatic carbocycles. The fraction of sp³-hybridized carbons (Fsp3) is 0.548. The molecule has 3 rings (SSSR count). The summed E-state index contributed by atoms with van der Waals surface area (Å²) in [4.78, 5) is 14.9. The van der Waals surface area contributed by atoms with Gasteiger partial charge >= 0.3 is 6.03 Å². The minimum atomic E-state index is -4.01. The number of nitrogens with two attached hydrogens (primary N) is 1. The lowest BCUT2D eigenvalue weighted by Gasteiger charge is -2.26. The third-order valence-corrected chi connectivity index (χ3v) is 10.8. The largest absolute Gasteiger partial charge is 0.494 e. The minimum absolute atomic E-state index is 0.00422. The van der Waals surface area contributed by atoms with Crippen LogP contribution in [0.1, 0.15) is 154 Å². The Kier molecular flexibility index (Phi) is 16.6. The van der Waals surface area contributed by atoms with Crippen LogP contribution >= 0.6 is 0 Å². The maximum Gasteiger partial charge on any atom is 0.319 e. The quantitative estimate of drug-likeness (QED) is 0.0894. The zero-order chi connectivity index (χ0) is 37.6. The number of rotatable bonds is 22. The summed E-state index contributed by atoms with van der Waals surface area (Å²) in [6.07, 6.45) is 10.9. The molecule has 0 saturated heterocycles. The van der Waals surface area contributed by atoms with E-state index in [-0.39, 0.29) is 17.8 Å². The summed E-state index contributed by atoms with van der Waals surface area (Å²) < 4.78 is 37.5. The van der Waals surface area contributed by atoms with E-state index in [0.717, 1.165) is 73.1 Å². The van der Waals surface area contributed by atoms with Gasteiger partial charge in [-0.15, -0.1) is 0 Å². The van der Waals surface area contributed by atoms with Crippen molar-refractivity contribution in [2.24, 2.45) is 5.73 Å². The number of nitrogens with one attached hydrogen (secondary N) is 2. The molecule has 0 spiro atoms. The fourth-order valence-corrected chi connectivity index (χ4v) is 7.99. The highest BCUT2D eigenvalue weighted by Crippen LogP contribution is 2.38. The monoisotopic (exact) mass is 720 g/mol. The highest BCUT2D eigenvalue weighted by atomic mass is 32.2. The van der Waals surface area contributed by atoms with Crippen LogP contribution in [-0.2, 0) is 10.0 Å². The number of carbonyl (C=O) groups excluding carboxylic acids is 1. The molecule has 0 fully saturated rings. The molecular formula is C42H64N4O4S. The van der Waals surface area contributed by atoms with Crippen LogP contribution in [-0.4, -0.2) is 27.6 Å². The third-order valence-electron chi connectivity index (χ3n) is 9.29. The van der Waals surface area contributed by atoms with Crippen LogP contribution in [0.25, 0.3) is 0 Å². The number of amides is 2. The number of primary amides is 1. The van der Waals surface area contributed by atoms with Crippen molar-refractivity contribution in [2.75, 3.05) is 28.1 Å². The molecule has 0 radical (unpaired) electrons. The molecule has 0 aliphatic rings. The molecule has 0 aliphatic heterocycles. The lowest BCUT2D eigenvalue weighted by atomic mass is 9.89. The van der Waals surface area contributed by atoms with Crippen LogP contribution in [0.15, 0.2) is 59.5 Å². The molecule has 51 heavy (non-hydrogen) atoms. The van der Waals surface area contributed by atoms with E-state index in [0.29, 0.717) is 35.1 Å². The lowest BCUT2D eigenvalue weighted by Crippen LogP contribution is -2.37. The van der Waals surface area contributed by atoms with Crippen LogP contribution in [0.3, 0.4) is 0 Å². The summed E-state index contributed by atoms with van der Waals surface area (Å²) in [5.41, 5.74) is 11.0. The molecule has 0 heterocycles. The first-order valence-electron chi connectivity index (χ1n) is 19.2. The van der Waals surface area contributed by atoms with E-state index in [2.05, 4.69) is 37.7 Å². The standard InChI is InChI=1S/C42H64N4O4S/c1-9-11-13-15-16-17-25-46(42(43)47)40-29-35(21-24-39(40)44-34-19-22-36(23-20-34)50-26-18-14-12-10-2)45-51(48,49)41-37(31(5)6)27-33(30(3)4)28-38(41)32(7)8/h19-24,27-32,44-45H,9-18,25-26H2,1-8H3,(H2,43,47). The molecule has 2 amide bonds. The number of sulfonamides is 1. The molecule has 282 valence electrons. The molecule has 0 unspecified atom stereocenters. The molecule has 0 saturated carbocycles. The first-order chi connectivity index (χ1) is 24.3. The fourth-order valence-electron chi connectivity index (χ4n) is 6.24. The van der Waals surface area contributed by atoms with Gasteiger partial charge in [0.05, 0.1) is 28.6 Å². The normalized spacial score (nSPS) is 11.7. The summed E-state index contributed by atoms with van der Waals surface area (Å²) in [5, 5.41) is 3.44. The minimum Gasteiger partial charge on any atom is -0.494 e. The smallest absolute Gasteiger partial charge is 0.319 e. The van der Waals surface area contributed by atoms with Crippen LogP contribution < -0.4 is 25.4 Å². The van der Waals surface area contributed by atoms with E-state index in [1.54, 1.807) is 23.1 Å². The first kappa shape index (κ1) is 41.7. The number of hydrogen-bond donors (Lipinski definition) is 3. The molecule has 3 aromatic rings. The van der Waals surface area contributed by atoms with E-state index in [1.165, 1.54) is 19.3 Å². The van der Waals surface area contributed by atoms with Crippen molar-refractivity contribution in [1.82, 2.24) is 0 Å². The van der Waals surface area contributed by atoms with Gasteiger partial charge in [-0.3, -0.25) is 9.62 Å². The van der Waals surface area contributed by atoms with Crippen LogP contribution in [0.4, 0.5) is 27.5 Å². The topological polar surface area (TPSA) is 114 Å². The summed E-state index contributed by atoms with van der Waals surface area (Å²) in [7, 11) is -4.01. The highest BCUT2D eigenvalue weighted by Gasteiger charge is 2.28. The van der Waals surface area contributed by atoms with Gasteiger partial charge < -0.3 is 15.8 Å². The summed E-state index contributed by atoms with van der Waals surface area (Å²) in [6, 6.07) is 16.4. The number of urea groups is 1. The molecule has 0 aromatic heterocycles. The number of ether oxygens (including phenoxy) is 1. The van der Waals surface area contributed by atoms with Gasteiger partial charge in [-0.05, 0) is 89.8 Å². The molecule has 9 heteroatoms. The number of unbranched alkanes of at least 4 members (excludes halogenated alkanes) is 8. The zero-order valence-corrected chi connectivity index (χ0v) is 33.3. The second kappa shape index (κ2) is 20.4. The van der Waals surface area contributed by atoms with Crippen molar-refractivity contribution in [2.45, 2.75) is 142 Å². The number of anilines is 4. The Bertz CT molecular complexity index is 1610. The van der Waals surface area contributed by atoms with Crippen molar-refractivity contribution < 1.29 is 17.9 Å². The van der Waals surface area contributed by atoms with E-state index in [9.17, 15) is 13.2 Å². The maximum atomic E-state index is 14.3. The number of carbonyl (C=O) groups is 1. The number of nitrogens with zero attached hydrogens (tertiary/aromatic N) is 1. The predicted molar refractivity (Wildman–Crippen MR) is 216 cm³/mol. The highest BCUT2D eigenvalue weighted by molar-refractivity contribution is 7.92. The average molecular weight is 721 g/mol. The predicted octanol–water partition coefficient (Wildman–Crippen LogP) is 11.8. The Morgan fingerprint density at radius 1 is 0.725 bits per heavy atom. The van der Waals surface area contributed by atoms with Crippen molar-refractivity contribution in [3.05, 3.63) is 71.3 Å². The van der Waals surface area contributed by atoms with Gasteiger partial charge in [0.1, 0.15) is 5.75 Å². The zero-order valence-electron chi connectivity index (χ0n) is 32.5. The summed E-state index contributed by atoms with van der Waals surface area (Å²) >= 11 is 0. The van der Waals surface area contributed by atoms with Crippen LogP contribution in [0.2, 0.25) is 0 Å². The third kappa shape index (κ3) is 12.5. The van der Waals surface area contributed by atoms with Crippen LogP contribution in [0, 0.1) is 0 Å². The van der Waals surface area contributed by atoms with E-state index < -0.39 is 16.1 Å². The Morgan fingerprint density at radius 2 is 1.27 bits per heavy atom. The Hall–Kier alpha value is -3.72. The van der Waals surface area contributed by atoms with Crippen molar-refractivity contribution >= 4 is 38.8 Å². The second-order valence-electron chi connectivity index (χ2n) is 14.6. The first-order valence-corrected chi connectivity index (χ1v) is 20.7. The number of hydrogen-bond acceptors (Lipinski definition) is 5. The SMILES string of the molecule is CCCCCCCCN(C(N)=O)c1cc(NS(=O)(=O)c2c(C(C)C)cc(C(C)C)cc2C(C)C)ccc1Nc1ccc(OCCCCCC)cc1. The summed E-state index contributed by atoms with van der Waals surface area (Å²) in [5.74, 6) is 1.05. The number of benzene rings is 3. The molecule has 4 N–H and O–H groups in total.